The lowest BCUT2D eigenvalue weighted by Gasteiger charge is -2.13. The molecule has 0 aliphatic heterocycles. The number of aromatic nitrogens is 2. The van der Waals surface area contributed by atoms with Gasteiger partial charge in [-0.3, -0.25) is 9.36 Å². The maximum absolute atomic E-state index is 13.5. The van der Waals surface area contributed by atoms with Gasteiger partial charge in [-0.05, 0) is 19.1 Å². The Morgan fingerprint density at radius 2 is 2.21 bits per heavy atom. The number of rotatable bonds is 6. The summed E-state index contributed by atoms with van der Waals surface area (Å²) in [7, 11) is 0. The van der Waals surface area contributed by atoms with Gasteiger partial charge in [0.05, 0.1) is 37.6 Å². The Hall–Kier alpha value is -2.09. The lowest BCUT2D eigenvalue weighted by Crippen LogP contribution is -2.29. The van der Waals surface area contributed by atoms with Crippen LogP contribution >= 0.6 is 11.3 Å². The molecule has 2 heterocycles. The SMILES string of the molecule is Cc1cc2c(=O)n(CC(O)COCc3ccccc3F)cnc2s1. The zero-order valence-corrected chi connectivity index (χ0v) is 13.9. The average molecular weight is 348 g/mol. The third-order valence-electron chi connectivity index (χ3n) is 3.57. The minimum atomic E-state index is -0.881. The number of ether oxygens (including phenoxy) is 1. The largest absolute Gasteiger partial charge is 0.389 e. The van der Waals surface area contributed by atoms with E-state index in [1.165, 1.54) is 28.3 Å². The quantitative estimate of drug-likeness (QED) is 0.743. The van der Waals surface area contributed by atoms with Crippen LogP contribution in [0.3, 0.4) is 0 Å². The van der Waals surface area contributed by atoms with Gasteiger partial charge in [0.15, 0.2) is 0 Å². The molecule has 7 heteroatoms. The summed E-state index contributed by atoms with van der Waals surface area (Å²) in [4.78, 5) is 18.3. The second-order valence-electron chi connectivity index (χ2n) is 5.54. The van der Waals surface area contributed by atoms with Gasteiger partial charge in [-0.15, -0.1) is 11.3 Å². The van der Waals surface area contributed by atoms with E-state index in [1.54, 1.807) is 24.3 Å². The van der Waals surface area contributed by atoms with Gasteiger partial charge in [0.1, 0.15) is 10.6 Å². The molecule has 0 aliphatic carbocycles. The molecule has 3 rings (SSSR count). The minimum Gasteiger partial charge on any atom is -0.389 e. The number of hydrogen-bond acceptors (Lipinski definition) is 5. The number of thiophene rings is 1. The van der Waals surface area contributed by atoms with Crippen LogP contribution in [-0.4, -0.2) is 27.4 Å². The average Bonchev–Trinajstić information content (AvgIpc) is 2.93. The Morgan fingerprint density at radius 3 is 3.00 bits per heavy atom. The van der Waals surface area contributed by atoms with Crippen LogP contribution in [0.4, 0.5) is 4.39 Å². The number of nitrogens with zero attached hydrogens (tertiary/aromatic N) is 2. The highest BCUT2D eigenvalue weighted by Crippen LogP contribution is 2.19. The minimum absolute atomic E-state index is 0.00146. The summed E-state index contributed by atoms with van der Waals surface area (Å²) in [6.07, 6.45) is 0.550. The number of aryl methyl sites for hydroxylation is 1. The Labute approximate surface area is 142 Å². The lowest BCUT2D eigenvalue weighted by atomic mass is 10.2. The van der Waals surface area contributed by atoms with Crippen molar-refractivity contribution in [2.75, 3.05) is 6.61 Å². The van der Waals surface area contributed by atoms with Gasteiger partial charge in [-0.25, -0.2) is 9.37 Å². The number of benzene rings is 1. The highest BCUT2D eigenvalue weighted by molar-refractivity contribution is 7.18. The molecule has 0 fully saturated rings. The van der Waals surface area contributed by atoms with Gasteiger partial charge in [0.25, 0.3) is 5.56 Å². The lowest BCUT2D eigenvalue weighted by molar-refractivity contribution is 0.0189. The van der Waals surface area contributed by atoms with Crippen molar-refractivity contribution in [3.05, 3.63) is 63.3 Å². The number of halogens is 1. The second-order valence-corrected chi connectivity index (χ2v) is 6.77. The van der Waals surface area contributed by atoms with E-state index in [-0.39, 0.29) is 31.1 Å². The topological polar surface area (TPSA) is 64.4 Å². The predicted octanol–water partition coefficient (Wildman–Crippen LogP) is 2.48. The molecule has 1 aromatic carbocycles. The zero-order valence-electron chi connectivity index (χ0n) is 13.1. The van der Waals surface area contributed by atoms with Gasteiger partial charge < -0.3 is 9.84 Å². The van der Waals surface area contributed by atoms with Crippen molar-refractivity contribution in [3.8, 4) is 0 Å². The molecule has 1 N–H and O–H groups in total. The molecule has 5 nitrogen and oxygen atoms in total. The summed E-state index contributed by atoms with van der Waals surface area (Å²) in [6, 6.07) is 8.12. The molecule has 2 aromatic heterocycles. The van der Waals surface area contributed by atoms with Crippen LogP contribution in [0.5, 0.6) is 0 Å². The van der Waals surface area contributed by atoms with E-state index in [1.807, 2.05) is 6.92 Å². The summed E-state index contributed by atoms with van der Waals surface area (Å²) in [5.41, 5.74) is 0.246. The van der Waals surface area contributed by atoms with Crippen molar-refractivity contribution >= 4 is 21.6 Å². The van der Waals surface area contributed by atoms with Crippen LogP contribution < -0.4 is 5.56 Å². The van der Waals surface area contributed by atoms with Crippen LogP contribution in [0, 0.1) is 12.7 Å². The van der Waals surface area contributed by atoms with Crippen molar-refractivity contribution in [2.45, 2.75) is 26.2 Å². The normalized spacial score (nSPS) is 12.6. The molecule has 0 bridgehead atoms. The van der Waals surface area contributed by atoms with Crippen LogP contribution in [-0.2, 0) is 17.9 Å². The van der Waals surface area contributed by atoms with Gasteiger partial charge in [-0.2, -0.15) is 0 Å². The fourth-order valence-corrected chi connectivity index (χ4v) is 3.25. The first kappa shape index (κ1) is 16.8. The highest BCUT2D eigenvalue weighted by Gasteiger charge is 2.11. The highest BCUT2D eigenvalue weighted by atomic mass is 32.1. The van der Waals surface area contributed by atoms with E-state index in [0.29, 0.717) is 15.8 Å². The van der Waals surface area contributed by atoms with Crippen molar-refractivity contribution < 1.29 is 14.2 Å². The predicted molar refractivity (Wildman–Crippen MR) is 90.7 cm³/mol. The van der Waals surface area contributed by atoms with Crippen LogP contribution in [0.2, 0.25) is 0 Å². The Bertz CT molecular complexity index is 906. The maximum Gasteiger partial charge on any atom is 0.262 e. The standard InChI is InChI=1S/C17H17FN2O3S/c1-11-6-14-16(24-11)19-10-20(17(14)22)7-13(21)9-23-8-12-4-2-3-5-15(12)18/h2-6,10,13,21H,7-9H2,1H3. The summed E-state index contributed by atoms with van der Waals surface area (Å²) < 4.78 is 20.2. The summed E-state index contributed by atoms with van der Waals surface area (Å²) in [5.74, 6) is -0.342. The molecule has 0 saturated carbocycles. The van der Waals surface area contributed by atoms with Crippen molar-refractivity contribution in [3.63, 3.8) is 0 Å². The molecule has 3 aromatic rings. The van der Waals surface area contributed by atoms with Crippen molar-refractivity contribution in [1.82, 2.24) is 9.55 Å². The Balaban J connectivity index is 1.61. The van der Waals surface area contributed by atoms with E-state index in [9.17, 15) is 14.3 Å². The molecule has 1 atom stereocenters. The van der Waals surface area contributed by atoms with Crippen LogP contribution in [0.25, 0.3) is 10.2 Å². The molecule has 0 radical (unpaired) electrons. The first-order valence-electron chi connectivity index (χ1n) is 7.49. The fourth-order valence-electron chi connectivity index (χ4n) is 2.41. The Kier molecular flexibility index (Phi) is 5.03. The van der Waals surface area contributed by atoms with Gasteiger partial charge >= 0.3 is 0 Å². The fraction of sp³-hybridized carbons (Fsp3) is 0.294. The van der Waals surface area contributed by atoms with Crippen LogP contribution in [0.15, 0.2) is 41.5 Å². The number of aliphatic hydroxyl groups is 1. The van der Waals surface area contributed by atoms with Gasteiger partial charge in [0, 0.05) is 10.4 Å². The smallest absolute Gasteiger partial charge is 0.262 e. The Morgan fingerprint density at radius 1 is 1.42 bits per heavy atom. The molecule has 126 valence electrons. The molecular formula is C17H17FN2O3S. The number of fused-ring (bicyclic) bond motifs is 1. The van der Waals surface area contributed by atoms with E-state index in [2.05, 4.69) is 4.98 Å². The molecule has 1 unspecified atom stereocenters. The zero-order chi connectivity index (χ0) is 17.1. The summed E-state index contributed by atoms with van der Waals surface area (Å²) in [5, 5.41) is 10.6. The number of aliphatic hydroxyl groups excluding tert-OH is 1. The molecule has 0 saturated heterocycles. The van der Waals surface area contributed by atoms with Crippen molar-refractivity contribution in [2.24, 2.45) is 0 Å². The second kappa shape index (κ2) is 7.21. The van der Waals surface area contributed by atoms with E-state index >= 15 is 0 Å². The third kappa shape index (κ3) is 3.69. The van der Waals surface area contributed by atoms with E-state index < -0.39 is 6.10 Å². The van der Waals surface area contributed by atoms with E-state index in [0.717, 1.165) is 4.88 Å². The molecule has 0 amide bonds. The third-order valence-corrected chi connectivity index (χ3v) is 4.53. The molecule has 0 spiro atoms. The van der Waals surface area contributed by atoms with Crippen LogP contribution in [0.1, 0.15) is 10.4 Å². The number of hydrogen-bond donors (Lipinski definition) is 1. The summed E-state index contributed by atoms with van der Waals surface area (Å²) in [6.45, 7) is 2.07. The monoisotopic (exact) mass is 348 g/mol. The van der Waals surface area contributed by atoms with Gasteiger partial charge in [-0.1, -0.05) is 18.2 Å². The molecular weight excluding hydrogens is 331 g/mol. The van der Waals surface area contributed by atoms with E-state index in [4.69, 9.17) is 4.74 Å². The summed E-state index contributed by atoms with van der Waals surface area (Å²) >= 11 is 1.46. The first-order chi connectivity index (χ1) is 11.5. The molecule has 24 heavy (non-hydrogen) atoms. The maximum atomic E-state index is 13.5. The first-order valence-corrected chi connectivity index (χ1v) is 8.31. The van der Waals surface area contributed by atoms with Crippen molar-refractivity contribution in [1.29, 1.82) is 0 Å². The molecule has 0 aliphatic rings. The van der Waals surface area contributed by atoms with Gasteiger partial charge in [0.2, 0.25) is 0 Å².